The van der Waals surface area contributed by atoms with Crippen LogP contribution in [0.15, 0.2) is 24.5 Å². The molecule has 1 aromatic rings. The Morgan fingerprint density at radius 2 is 1.50 bits per heavy atom. The zero-order chi connectivity index (χ0) is 12.6. The van der Waals surface area contributed by atoms with E-state index in [4.69, 9.17) is 0 Å². The first kappa shape index (κ1) is 14.2. The summed E-state index contributed by atoms with van der Waals surface area (Å²) in [4.78, 5) is 0. The Morgan fingerprint density at radius 1 is 1.06 bits per heavy atom. The van der Waals surface area contributed by atoms with Crippen LogP contribution in [0.1, 0.15) is 20.8 Å². The molecule has 4 heteroatoms. The molecular weight excluding hydrogens is 248 g/mol. The molecule has 16 heavy (non-hydrogen) atoms. The summed E-state index contributed by atoms with van der Waals surface area (Å²) in [5, 5.41) is 5.05. The standard InChI is InChI=1S/C4H4N.C4H10N.C2H7Si.2CH3.Ti/c1-2-4-5-3-1;1-4(2,3)5;1-3-2;;;/h1-4H;5H,1-3H3;3H,1-2H3;2*1H3;/q2*-1;;;;+2. The summed E-state index contributed by atoms with van der Waals surface area (Å²) in [7, 11) is 0. The molecule has 1 rings (SSSR count). The molecule has 0 aliphatic rings. The van der Waals surface area contributed by atoms with Crippen molar-refractivity contribution < 1.29 is 15.1 Å². The van der Waals surface area contributed by atoms with Crippen LogP contribution in [0.25, 0.3) is 0 Å². The molecule has 1 aromatic heterocycles. The Hall–Kier alpha value is 0.171. The number of rotatable bonds is 3. The van der Waals surface area contributed by atoms with Crippen molar-refractivity contribution in [1.29, 1.82) is 0 Å². The van der Waals surface area contributed by atoms with Crippen molar-refractivity contribution in [2.45, 2.75) is 49.9 Å². The molecule has 0 aliphatic carbocycles. The van der Waals surface area contributed by atoms with Gasteiger partial charge in [0.05, 0.1) is 0 Å². The molecule has 1 heterocycles. The third kappa shape index (κ3) is 2.70. The van der Waals surface area contributed by atoms with Gasteiger partial charge < -0.3 is 0 Å². The van der Waals surface area contributed by atoms with Crippen LogP contribution < -0.4 is 3.80 Å². The fraction of sp³-hybridized carbons (Fsp3) is 0.667. The molecule has 0 saturated heterocycles. The molecule has 0 radical (unpaired) electrons. The van der Waals surface area contributed by atoms with Gasteiger partial charge in [-0.15, -0.1) is 0 Å². The molecule has 0 spiro atoms. The average molecular weight is 275 g/mol. The molecule has 0 fully saturated rings. The van der Waals surface area contributed by atoms with E-state index in [0.717, 1.165) is 0 Å². The molecule has 0 atom stereocenters. The Balaban J connectivity index is 3.24. The van der Waals surface area contributed by atoms with Gasteiger partial charge in [0.15, 0.2) is 0 Å². The summed E-state index contributed by atoms with van der Waals surface area (Å²) in [5.74, 6) is 0. The number of hydrogen-bond donors (Lipinski definition) is 1. The van der Waals surface area contributed by atoms with Gasteiger partial charge >= 0.3 is 103 Å². The molecule has 0 unspecified atom stereocenters. The van der Waals surface area contributed by atoms with Crippen LogP contribution in [0.2, 0.25) is 23.6 Å². The summed E-state index contributed by atoms with van der Waals surface area (Å²) in [6.45, 7) is 11.0. The maximum atomic E-state index is 4.03. The van der Waals surface area contributed by atoms with Gasteiger partial charge in [-0.3, -0.25) is 0 Å². The first-order valence-electron chi connectivity index (χ1n) is 6.18. The van der Waals surface area contributed by atoms with E-state index >= 15 is 0 Å². The van der Waals surface area contributed by atoms with Gasteiger partial charge in [0.25, 0.3) is 0 Å². The van der Waals surface area contributed by atoms with Crippen molar-refractivity contribution in [2.24, 2.45) is 0 Å². The van der Waals surface area contributed by atoms with Crippen LogP contribution >= 0.6 is 0 Å². The van der Waals surface area contributed by atoms with Crippen LogP contribution in [0, 0.1) is 0 Å². The van der Waals surface area contributed by atoms with Gasteiger partial charge in [-0.2, -0.15) is 0 Å². The van der Waals surface area contributed by atoms with Crippen LogP contribution in [-0.2, 0) is 15.1 Å². The van der Waals surface area contributed by atoms with Crippen molar-refractivity contribution >= 4 is 6.66 Å². The van der Waals surface area contributed by atoms with E-state index in [-0.39, 0.29) is 5.54 Å². The fourth-order valence-corrected chi connectivity index (χ4v) is 15.4. The van der Waals surface area contributed by atoms with E-state index in [9.17, 15) is 0 Å². The summed E-state index contributed by atoms with van der Waals surface area (Å²) in [6.07, 6.45) is 4.51. The van der Waals surface area contributed by atoms with E-state index in [1.54, 1.807) is 0 Å². The van der Waals surface area contributed by atoms with Crippen LogP contribution in [0.5, 0.6) is 0 Å². The molecule has 0 amide bonds. The van der Waals surface area contributed by atoms with E-state index in [2.05, 4.69) is 75.7 Å². The molecule has 0 aromatic carbocycles. The van der Waals surface area contributed by atoms with Gasteiger partial charge in [-0.25, -0.2) is 0 Å². The predicted octanol–water partition coefficient (Wildman–Crippen LogP) is 3.32. The Kier molecular flexibility index (Phi) is 3.67. The van der Waals surface area contributed by atoms with E-state index in [0.29, 0.717) is 0 Å². The van der Waals surface area contributed by atoms with Gasteiger partial charge in [0.1, 0.15) is 0 Å². The summed E-state index contributed by atoms with van der Waals surface area (Å²) in [6, 6.07) is 4.30. The summed E-state index contributed by atoms with van der Waals surface area (Å²) in [5.41, 5.74) is 0.197. The van der Waals surface area contributed by atoms with Crippen molar-refractivity contribution in [3.05, 3.63) is 24.5 Å². The molecule has 0 saturated carbocycles. The van der Waals surface area contributed by atoms with Crippen molar-refractivity contribution in [1.82, 2.24) is 6.85 Å². The topological polar surface area (TPSA) is 17.0 Å². The van der Waals surface area contributed by atoms with Crippen molar-refractivity contribution in [3.8, 4) is 0 Å². The maximum absolute atomic E-state index is 4.03. The van der Waals surface area contributed by atoms with Crippen molar-refractivity contribution in [2.75, 3.05) is 0 Å². The number of nitrogens with one attached hydrogen (secondary N) is 1. The quantitative estimate of drug-likeness (QED) is 0.837. The second kappa shape index (κ2) is 4.13. The normalized spacial score (nSPS) is 16.1. The molecular formula is C12H27N2SiTi. The summed E-state index contributed by atoms with van der Waals surface area (Å²) >= 11 is -2.72. The third-order valence-corrected chi connectivity index (χ3v) is 30.3. The van der Waals surface area contributed by atoms with E-state index in [1.165, 1.54) is 0 Å². The number of hydrogen-bond acceptors (Lipinski definition) is 1. The second-order valence-electron chi connectivity index (χ2n) is 7.03. The molecule has 0 bridgehead atoms. The van der Waals surface area contributed by atoms with E-state index < -0.39 is 21.7 Å². The second-order valence-corrected chi connectivity index (χ2v) is 30.5. The first-order valence-corrected chi connectivity index (χ1v) is 16.4. The molecule has 0 aliphatic heterocycles. The third-order valence-electron chi connectivity index (χ3n) is 3.85. The Bertz CT molecular complexity index is 350. The zero-order valence-electron chi connectivity index (χ0n) is 11.8. The van der Waals surface area contributed by atoms with E-state index in [1.807, 2.05) is 0 Å². The monoisotopic (exact) mass is 275 g/mol. The predicted molar refractivity (Wildman–Crippen MR) is 73.3 cm³/mol. The number of aromatic nitrogens is 1. The average Bonchev–Trinajstić information content (AvgIpc) is 2.50. The summed E-state index contributed by atoms with van der Waals surface area (Å²) < 4.78 is 6.55. The zero-order valence-corrected chi connectivity index (χ0v) is 14.6. The molecule has 93 valence electrons. The van der Waals surface area contributed by atoms with Crippen LogP contribution in [0.4, 0.5) is 0 Å². The minimum absolute atomic E-state index is 0.197. The van der Waals surface area contributed by atoms with Gasteiger partial charge in [0.2, 0.25) is 0 Å². The molecule has 1 N–H and O–H groups in total. The van der Waals surface area contributed by atoms with Crippen molar-refractivity contribution in [3.63, 3.8) is 0 Å². The van der Waals surface area contributed by atoms with Gasteiger partial charge in [-0.05, 0) is 0 Å². The Morgan fingerprint density at radius 3 is 1.81 bits per heavy atom. The fourth-order valence-electron chi connectivity index (χ4n) is 2.43. The molecule has 2 nitrogen and oxygen atoms in total. The van der Waals surface area contributed by atoms with Gasteiger partial charge in [-0.1, -0.05) is 0 Å². The van der Waals surface area contributed by atoms with Gasteiger partial charge in [0, 0.05) is 0 Å². The Labute approximate surface area is 103 Å². The minimum atomic E-state index is -2.72. The first-order chi connectivity index (χ1) is 7.05. The SMILES string of the molecule is C[SiH](C)[Ti]([CH3])([CH3])([NH]C(C)(C)C)[n]1cccc1. The van der Waals surface area contributed by atoms with Crippen LogP contribution in [-0.4, -0.2) is 15.3 Å². The number of nitrogens with zero attached hydrogens (tertiary/aromatic N) is 1. The van der Waals surface area contributed by atoms with Crippen LogP contribution in [0.3, 0.4) is 0 Å².